The molecule has 1 aliphatic heterocycles. The van der Waals surface area contributed by atoms with Gasteiger partial charge < -0.3 is 9.64 Å². The van der Waals surface area contributed by atoms with Crippen molar-refractivity contribution in [3.05, 3.63) is 0 Å². The SMILES string of the molecule is CO[C@H]1C[C@@H](CN(C)CCNS(C)(=O)=O)N(C)C1. The molecule has 1 heterocycles. The minimum Gasteiger partial charge on any atom is -0.380 e. The Balaban J connectivity index is 2.26. The summed E-state index contributed by atoms with van der Waals surface area (Å²) >= 11 is 0. The molecular weight excluding hydrogens is 254 g/mol. The molecule has 6 nitrogen and oxygen atoms in total. The highest BCUT2D eigenvalue weighted by Gasteiger charge is 2.29. The zero-order valence-corrected chi connectivity index (χ0v) is 12.5. The molecule has 0 aliphatic carbocycles. The number of methoxy groups -OCH3 is 1. The molecule has 7 heteroatoms. The van der Waals surface area contributed by atoms with E-state index in [2.05, 4.69) is 21.6 Å². The summed E-state index contributed by atoms with van der Waals surface area (Å²) in [5.74, 6) is 0. The van der Waals surface area contributed by atoms with Gasteiger partial charge in [0.05, 0.1) is 12.4 Å². The molecule has 108 valence electrons. The summed E-state index contributed by atoms with van der Waals surface area (Å²) in [6.45, 7) is 3.08. The Morgan fingerprint density at radius 2 is 2.17 bits per heavy atom. The third-order valence-corrected chi connectivity index (χ3v) is 4.09. The van der Waals surface area contributed by atoms with Gasteiger partial charge in [-0.1, -0.05) is 0 Å². The number of nitrogens with one attached hydrogen (secondary N) is 1. The van der Waals surface area contributed by atoms with Crippen molar-refractivity contribution in [3.8, 4) is 0 Å². The fourth-order valence-electron chi connectivity index (χ4n) is 2.29. The maximum absolute atomic E-state index is 10.9. The fraction of sp³-hybridized carbons (Fsp3) is 1.00. The van der Waals surface area contributed by atoms with E-state index in [1.54, 1.807) is 7.11 Å². The largest absolute Gasteiger partial charge is 0.380 e. The van der Waals surface area contributed by atoms with E-state index in [9.17, 15) is 8.42 Å². The average molecular weight is 279 g/mol. The van der Waals surface area contributed by atoms with Gasteiger partial charge in [-0.2, -0.15) is 0 Å². The Kier molecular flexibility index (Phi) is 6.00. The molecule has 1 fully saturated rings. The van der Waals surface area contributed by atoms with Crippen LogP contribution in [-0.2, 0) is 14.8 Å². The summed E-state index contributed by atoms with van der Waals surface area (Å²) in [5.41, 5.74) is 0. The molecule has 0 radical (unpaired) electrons. The van der Waals surface area contributed by atoms with Crippen LogP contribution in [-0.4, -0.2) is 84.0 Å². The van der Waals surface area contributed by atoms with Gasteiger partial charge in [0.1, 0.15) is 0 Å². The summed E-state index contributed by atoms with van der Waals surface area (Å²) in [6, 6.07) is 0.484. The van der Waals surface area contributed by atoms with Crippen LogP contribution in [0.3, 0.4) is 0 Å². The monoisotopic (exact) mass is 279 g/mol. The second kappa shape index (κ2) is 6.81. The number of likely N-dealkylation sites (tertiary alicyclic amines) is 1. The Morgan fingerprint density at radius 1 is 1.50 bits per heavy atom. The molecule has 0 aromatic rings. The smallest absolute Gasteiger partial charge is 0.208 e. The second-order valence-electron chi connectivity index (χ2n) is 5.12. The van der Waals surface area contributed by atoms with E-state index in [0.29, 0.717) is 18.7 Å². The highest BCUT2D eigenvalue weighted by Crippen LogP contribution is 2.18. The van der Waals surface area contributed by atoms with Crippen molar-refractivity contribution < 1.29 is 13.2 Å². The van der Waals surface area contributed by atoms with Gasteiger partial charge in [-0.15, -0.1) is 0 Å². The van der Waals surface area contributed by atoms with Crippen LogP contribution < -0.4 is 4.72 Å². The standard InChI is InChI=1S/C11H25N3O3S/c1-13(6-5-12-18(4,15)16)8-10-7-11(17-3)9-14(10)2/h10-12H,5-9H2,1-4H3/t10-,11-/m0/s1. The number of hydrogen-bond donors (Lipinski definition) is 1. The first kappa shape index (κ1) is 15.8. The number of ether oxygens (including phenoxy) is 1. The lowest BCUT2D eigenvalue weighted by atomic mass is 10.2. The number of nitrogens with zero attached hydrogens (tertiary/aromatic N) is 2. The van der Waals surface area contributed by atoms with Gasteiger partial charge in [-0.05, 0) is 20.5 Å². The maximum atomic E-state index is 10.9. The molecule has 0 unspecified atom stereocenters. The normalized spacial score (nSPS) is 26.1. The summed E-state index contributed by atoms with van der Waals surface area (Å²) < 4.78 is 29.7. The molecule has 0 amide bonds. The first-order valence-electron chi connectivity index (χ1n) is 6.18. The van der Waals surface area contributed by atoms with Crippen molar-refractivity contribution in [2.24, 2.45) is 0 Å². The highest BCUT2D eigenvalue weighted by molar-refractivity contribution is 7.88. The Morgan fingerprint density at radius 3 is 2.67 bits per heavy atom. The lowest BCUT2D eigenvalue weighted by Crippen LogP contribution is -2.40. The van der Waals surface area contributed by atoms with Crippen molar-refractivity contribution in [3.63, 3.8) is 0 Å². The van der Waals surface area contributed by atoms with Crippen molar-refractivity contribution in [2.45, 2.75) is 18.6 Å². The molecule has 2 atom stereocenters. The molecule has 0 saturated carbocycles. The lowest BCUT2D eigenvalue weighted by molar-refractivity contribution is 0.111. The van der Waals surface area contributed by atoms with Crippen molar-refractivity contribution >= 4 is 10.0 Å². The molecule has 1 saturated heterocycles. The van der Waals surface area contributed by atoms with E-state index < -0.39 is 10.0 Å². The van der Waals surface area contributed by atoms with Gasteiger partial charge in [0.25, 0.3) is 0 Å². The molecule has 1 rings (SSSR count). The third kappa shape index (κ3) is 5.62. The van der Waals surface area contributed by atoms with Crippen LogP contribution in [0.4, 0.5) is 0 Å². The van der Waals surface area contributed by atoms with E-state index in [1.165, 1.54) is 6.26 Å². The molecule has 0 spiro atoms. The quantitative estimate of drug-likeness (QED) is 0.660. The van der Waals surface area contributed by atoms with Crippen molar-refractivity contribution in [2.75, 3.05) is 53.6 Å². The third-order valence-electron chi connectivity index (χ3n) is 3.36. The van der Waals surface area contributed by atoms with Crippen LogP contribution in [0.15, 0.2) is 0 Å². The van der Waals surface area contributed by atoms with Gasteiger partial charge >= 0.3 is 0 Å². The number of sulfonamides is 1. The fourth-order valence-corrected chi connectivity index (χ4v) is 2.75. The topological polar surface area (TPSA) is 61.9 Å². The minimum absolute atomic E-state index is 0.322. The number of likely N-dealkylation sites (N-methyl/N-ethyl adjacent to an activating group) is 2. The van der Waals surface area contributed by atoms with E-state index in [4.69, 9.17) is 4.74 Å². The van der Waals surface area contributed by atoms with Gasteiger partial charge in [-0.25, -0.2) is 13.1 Å². The van der Waals surface area contributed by atoms with Crippen molar-refractivity contribution in [1.82, 2.24) is 14.5 Å². The van der Waals surface area contributed by atoms with Crippen LogP contribution >= 0.6 is 0 Å². The van der Waals surface area contributed by atoms with E-state index >= 15 is 0 Å². The van der Waals surface area contributed by atoms with Crippen molar-refractivity contribution in [1.29, 1.82) is 0 Å². The van der Waals surface area contributed by atoms with Crippen LogP contribution in [0.25, 0.3) is 0 Å². The molecule has 0 bridgehead atoms. The van der Waals surface area contributed by atoms with Gasteiger partial charge in [0.2, 0.25) is 10.0 Å². The van der Waals surface area contributed by atoms with Crippen LogP contribution in [0.5, 0.6) is 0 Å². The summed E-state index contributed by atoms with van der Waals surface area (Å²) in [7, 11) is 2.79. The first-order chi connectivity index (χ1) is 8.31. The Bertz CT molecular complexity index is 347. The van der Waals surface area contributed by atoms with E-state index in [0.717, 1.165) is 26.1 Å². The predicted octanol–water partition coefficient (Wildman–Crippen LogP) is -0.813. The zero-order valence-electron chi connectivity index (χ0n) is 11.7. The van der Waals surface area contributed by atoms with Gasteiger partial charge in [0.15, 0.2) is 0 Å². The highest BCUT2D eigenvalue weighted by atomic mass is 32.2. The molecule has 0 aromatic carbocycles. The van der Waals surface area contributed by atoms with Crippen LogP contribution in [0.2, 0.25) is 0 Å². The summed E-state index contributed by atoms with van der Waals surface area (Å²) in [6.07, 6.45) is 2.54. The second-order valence-corrected chi connectivity index (χ2v) is 6.95. The van der Waals surface area contributed by atoms with E-state index in [1.807, 2.05) is 7.05 Å². The Hall–Kier alpha value is -0.210. The van der Waals surface area contributed by atoms with Crippen LogP contribution in [0, 0.1) is 0 Å². The van der Waals surface area contributed by atoms with E-state index in [-0.39, 0.29) is 0 Å². The predicted molar refractivity (Wildman–Crippen MR) is 72.2 cm³/mol. The number of hydrogen-bond acceptors (Lipinski definition) is 5. The average Bonchev–Trinajstić information content (AvgIpc) is 2.57. The van der Waals surface area contributed by atoms with Gasteiger partial charge in [-0.3, -0.25) is 4.90 Å². The van der Waals surface area contributed by atoms with Crippen LogP contribution in [0.1, 0.15) is 6.42 Å². The molecule has 1 aliphatic rings. The first-order valence-corrected chi connectivity index (χ1v) is 8.07. The molecule has 1 N–H and O–H groups in total. The molecule has 18 heavy (non-hydrogen) atoms. The minimum atomic E-state index is -3.08. The number of rotatable bonds is 7. The molecular formula is C11H25N3O3S. The Labute approximate surface area is 110 Å². The van der Waals surface area contributed by atoms with Gasteiger partial charge in [0, 0.05) is 39.3 Å². The maximum Gasteiger partial charge on any atom is 0.208 e. The summed E-state index contributed by atoms with van der Waals surface area (Å²) in [4.78, 5) is 4.45. The zero-order chi connectivity index (χ0) is 13.8. The summed E-state index contributed by atoms with van der Waals surface area (Å²) in [5, 5.41) is 0. The lowest BCUT2D eigenvalue weighted by Gasteiger charge is -2.25. The molecule has 0 aromatic heterocycles.